The Morgan fingerprint density at radius 2 is 2.10 bits per heavy atom. The second-order valence-corrected chi connectivity index (χ2v) is 2.13. The largest absolute Gasteiger partial charge is 0.391 e. The van der Waals surface area contributed by atoms with Gasteiger partial charge in [-0.3, -0.25) is 0 Å². The van der Waals surface area contributed by atoms with Crippen LogP contribution in [0.5, 0.6) is 0 Å². The SMILES string of the molecule is CCC(O)COCCOC. The van der Waals surface area contributed by atoms with Crippen LogP contribution in [0, 0.1) is 0 Å². The summed E-state index contributed by atoms with van der Waals surface area (Å²) in [5.41, 5.74) is 0. The molecule has 62 valence electrons. The third kappa shape index (κ3) is 6.01. The molecule has 1 unspecified atom stereocenters. The van der Waals surface area contributed by atoms with E-state index in [9.17, 15) is 0 Å². The summed E-state index contributed by atoms with van der Waals surface area (Å²) in [6.45, 7) is 3.49. The molecule has 3 nitrogen and oxygen atoms in total. The maximum absolute atomic E-state index is 8.99. The van der Waals surface area contributed by atoms with Gasteiger partial charge in [-0.05, 0) is 6.42 Å². The van der Waals surface area contributed by atoms with Crippen LogP contribution in [0.3, 0.4) is 0 Å². The van der Waals surface area contributed by atoms with Crippen LogP contribution in [0.4, 0.5) is 0 Å². The third-order valence-corrected chi connectivity index (χ3v) is 1.21. The Morgan fingerprint density at radius 3 is 2.60 bits per heavy atom. The average Bonchev–Trinajstić information content (AvgIpc) is 1.98. The van der Waals surface area contributed by atoms with Crippen molar-refractivity contribution in [3.05, 3.63) is 0 Å². The zero-order chi connectivity index (χ0) is 7.82. The summed E-state index contributed by atoms with van der Waals surface area (Å²) in [6, 6.07) is 0. The number of ether oxygens (including phenoxy) is 2. The van der Waals surface area contributed by atoms with Crippen LogP contribution in [-0.4, -0.2) is 38.1 Å². The zero-order valence-electron chi connectivity index (χ0n) is 6.67. The molecule has 0 aliphatic heterocycles. The molecule has 10 heavy (non-hydrogen) atoms. The van der Waals surface area contributed by atoms with E-state index in [1.165, 1.54) is 0 Å². The molecule has 0 aliphatic carbocycles. The summed E-state index contributed by atoms with van der Waals surface area (Å²) >= 11 is 0. The fourth-order valence-corrected chi connectivity index (χ4v) is 0.479. The minimum atomic E-state index is -0.322. The fraction of sp³-hybridized carbons (Fsp3) is 1.00. The highest BCUT2D eigenvalue weighted by molar-refractivity contribution is 4.47. The van der Waals surface area contributed by atoms with Crippen molar-refractivity contribution in [2.45, 2.75) is 19.4 Å². The number of hydrogen-bond acceptors (Lipinski definition) is 3. The molecule has 0 saturated heterocycles. The molecule has 0 amide bonds. The highest BCUT2D eigenvalue weighted by Crippen LogP contribution is 1.89. The van der Waals surface area contributed by atoms with Gasteiger partial charge in [0.15, 0.2) is 0 Å². The van der Waals surface area contributed by atoms with E-state index in [1.807, 2.05) is 6.92 Å². The Bertz CT molecular complexity index is 65.9. The maximum atomic E-state index is 8.99. The predicted molar refractivity (Wildman–Crippen MR) is 39.0 cm³/mol. The highest BCUT2D eigenvalue weighted by atomic mass is 16.5. The van der Waals surface area contributed by atoms with Gasteiger partial charge in [0.25, 0.3) is 0 Å². The van der Waals surface area contributed by atoms with E-state index >= 15 is 0 Å². The summed E-state index contributed by atoms with van der Waals surface area (Å²) in [6.07, 6.45) is 0.421. The van der Waals surface area contributed by atoms with Crippen LogP contribution < -0.4 is 0 Å². The number of aliphatic hydroxyl groups is 1. The summed E-state index contributed by atoms with van der Waals surface area (Å²) in [4.78, 5) is 0. The lowest BCUT2D eigenvalue weighted by Crippen LogP contribution is -2.15. The van der Waals surface area contributed by atoms with Crippen LogP contribution in [-0.2, 0) is 9.47 Å². The van der Waals surface area contributed by atoms with Crippen molar-refractivity contribution in [1.29, 1.82) is 0 Å². The van der Waals surface area contributed by atoms with Crippen LogP contribution in [0.2, 0.25) is 0 Å². The molecule has 1 atom stereocenters. The van der Waals surface area contributed by atoms with Crippen molar-refractivity contribution in [3.8, 4) is 0 Å². The van der Waals surface area contributed by atoms with E-state index in [0.717, 1.165) is 6.42 Å². The number of aliphatic hydroxyl groups excluding tert-OH is 1. The normalized spacial score (nSPS) is 13.5. The molecule has 3 heteroatoms. The van der Waals surface area contributed by atoms with Crippen molar-refractivity contribution >= 4 is 0 Å². The third-order valence-electron chi connectivity index (χ3n) is 1.21. The van der Waals surface area contributed by atoms with Crippen molar-refractivity contribution in [1.82, 2.24) is 0 Å². The molecule has 0 aliphatic rings. The van der Waals surface area contributed by atoms with E-state index in [4.69, 9.17) is 14.6 Å². The second kappa shape index (κ2) is 6.99. The van der Waals surface area contributed by atoms with Crippen LogP contribution in [0.15, 0.2) is 0 Å². The van der Waals surface area contributed by atoms with Gasteiger partial charge in [0.05, 0.1) is 25.9 Å². The molecule has 0 rings (SSSR count). The highest BCUT2D eigenvalue weighted by Gasteiger charge is 1.98. The van der Waals surface area contributed by atoms with Crippen LogP contribution in [0.25, 0.3) is 0 Å². The van der Waals surface area contributed by atoms with E-state index < -0.39 is 0 Å². The number of hydrogen-bond donors (Lipinski definition) is 1. The van der Waals surface area contributed by atoms with Gasteiger partial charge < -0.3 is 14.6 Å². The molecule has 0 heterocycles. The molecule has 0 aromatic heterocycles. The first-order valence-corrected chi connectivity index (χ1v) is 3.56. The van der Waals surface area contributed by atoms with Crippen LogP contribution in [0.1, 0.15) is 13.3 Å². The van der Waals surface area contributed by atoms with Gasteiger partial charge in [-0.15, -0.1) is 0 Å². The van der Waals surface area contributed by atoms with Gasteiger partial charge in [0.2, 0.25) is 0 Å². The van der Waals surface area contributed by atoms with E-state index in [1.54, 1.807) is 7.11 Å². The van der Waals surface area contributed by atoms with Crippen molar-refractivity contribution in [2.24, 2.45) is 0 Å². The standard InChI is InChI=1S/C7H16O3/c1-3-7(8)6-10-5-4-9-2/h7-8H,3-6H2,1-2H3. The van der Waals surface area contributed by atoms with Gasteiger partial charge in [-0.2, -0.15) is 0 Å². The van der Waals surface area contributed by atoms with Gasteiger partial charge >= 0.3 is 0 Å². The summed E-state index contributed by atoms with van der Waals surface area (Å²) in [5.74, 6) is 0. The molecule has 0 saturated carbocycles. The lowest BCUT2D eigenvalue weighted by Gasteiger charge is -2.07. The van der Waals surface area contributed by atoms with Crippen molar-refractivity contribution < 1.29 is 14.6 Å². The quantitative estimate of drug-likeness (QED) is 0.555. The Hall–Kier alpha value is -0.120. The Morgan fingerprint density at radius 1 is 1.40 bits per heavy atom. The van der Waals surface area contributed by atoms with Gasteiger partial charge in [-0.1, -0.05) is 6.92 Å². The van der Waals surface area contributed by atoms with E-state index in [-0.39, 0.29) is 6.10 Å². The fourth-order valence-electron chi connectivity index (χ4n) is 0.479. The lowest BCUT2D eigenvalue weighted by molar-refractivity contribution is 0.0122. The molecule has 0 fully saturated rings. The Balaban J connectivity index is 2.89. The molecule has 0 aromatic carbocycles. The maximum Gasteiger partial charge on any atom is 0.0771 e. The van der Waals surface area contributed by atoms with Gasteiger partial charge in [0.1, 0.15) is 0 Å². The topological polar surface area (TPSA) is 38.7 Å². The minimum absolute atomic E-state index is 0.322. The molecule has 0 aromatic rings. The Labute approximate surface area is 62.0 Å². The lowest BCUT2D eigenvalue weighted by atomic mass is 10.3. The number of methoxy groups -OCH3 is 1. The zero-order valence-corrected chi connectivity index (χ0v) is 6.67. The van der Waals surface area contributed by atoms with E-state index in [0.29, 0.717) is 19.8 Å². The first-order chi connectivity index (χ1) is 4.81. The molecular weight excluding hydrogens is 132 g/mol. The molecule has 0 bridgehead atoms. The van der Waals surface area contributed by atoms with Gasteiger partial charge in [0, 0.05) is 7.11 Å². The summed E-state index contributed by atoms with van der Waals surface area (Å²) in [7, 11) is 1.62. The summed E-state index contributed by atoms with van der Waals surface area (Å²) in [5, 5.41) is 8.99. The summed E-state index contributed by atoms with van der Waals surface area (Å²) < 4.78 is 9.80. The number of rotatable bonds is 6. The van der Waals surface area contributed by atoms with Gasteiger partial charge in [-0.25, -0.2) is 0 Å². The monoisotopic (exact) mass is 148 g/mol. The van der Waals surface area contributed by atoms with Crippen molar-refractivity contribution in [2.75, 3.05) is 26.9 Å². The molecule has 0 radical (unpaired) electrons. The minimum Gasteiger partial charge on any atom is -0.391 e. The predicted octanol–water partition coefficient (Wildman–Crippen LogP) is 0.420. The molecule has 1 N–H and O–H groups in total. The molecular formula is C7H16O3. The smallest absolute Gasteiger partial charge is 0.0771 e. The van der Waals surface area contributed by atoms with Crippen molar-refractivity contribution in [3.63, 3.8) is 0 Å². The van der Waals surface area contributed by atoms with E-state index in [2.05, 4.69) is 0 Å². The first-order valence-electron chi connectivity index (χ1n) is 3.56. The Kier molecular flexibility index (Phi) is 6.91. The first kappa shape index (κ1) is 9.88. The van der Waals surface area contributed by atoms with Crippen LogP contribution >= 0.6 is 0 Å². The second-order valence-electron chi connectivity index (χ2n) is 2.13. The average molecular weight is 148 g/mol. The molecule has 0 spiro atoms.